The lowest BCUT2D eigenvalue weighted by Crippen LogP contribution is -2.33. The monoisotopic (exact) mass is 449 g/mol. The SMILES string of the molecule is Cc1[nH]c(CC2C(=O)Nc3ccc(F)cc32)c(C)c1C(=O)NCC(=O)Nc1ccccc1N. The van der Waals surface area contributed by atoms with Gasteiger partial charge in [-0.15, -0.1) is 0 Å². The normalized spacial score (nSPS) is 14.5. The summed E-state index contributed by atoms with van der Waals surface area (Å²) >= 11 is 0. The number of rotatable bonds is 6. The molecular weight excluding hydrogens is 425 g/mol. The molecule has 0 bridgehead atoms. The van der Waals surface area contributed by atoms with Crippen LogP contribution in [-0.4, -0.2) is 29.3 Å². The van der Waals surface area contributed by atoms with Gasteiger partial charge in [0.2, 0.25) is 11.8 Å². The number of H-pyrrole nitrogens is 1. The highest BCUT2D eigenvalue weighted by atomic mass is 19.1. The van der Waals surface area contributed by atoms with Crippen LogP contribution >= 0.6 is 0 Å². The number of hydrogen-bond acceptors (Lipinski definition) is 4. The van der Waals surface area contributed by atoms with Crippen molar-refractivity contribution in [3.63, 3.8) is 0 Å². The standard InChI is InChI=1S/C24H24FN5O3/c1-12-20(10-16-15-9-14(25)7-8-18(15)30-23(16)32)28-13(2)22(12)24(33)27-11-21(31)29-19-6-4-3-5-17(19)26/h3-9,16,28H,10-11,26H2,1-2H3,(H,27,33)(H,29,31)(H,30,32). The number of para-hydroxylation sites is 2. The Bertz CT molecular complexity index is 1270. The van der Waals surface area contributed by atoms with Gasteiger partial charge < -0.3 is 26.7 Å². The first-order chi connectivity index (χ1) is 15.7. The summed E-state index contributed by atoms with van der Waals surface area (Å²) in [7, 11) is 0. The summed E-state index contributed by atoms with van der Waals surface area (Å²) in [6.45, 7) is 3.29. The van der Waals surface area contributed by atoms with Gasteiger partial charge in [-0.25, -0.2) is 4.39 Å². The van der Waals surface area contributed by atoms with Crippen LogP contribution in [0, 0.1) is 19.7 Å². The van der Waals surface area contributed by atoms with E-state index in [1.807, 2.05) is 0 Å². The summed E-state index contributed by atoms with van der Waals surface area (Å²) < 4.78 is 13.7. The molecule has 2 heterocycles. The van der Waals surface area contributed by atoms with Crippen LogP contribution in [0.3, 0.4) is 0 Å². The van der Waals surface area contributed by atoms with E-state index in [9.17, 15) is 18.8 Å². The van der Waals surface area contributed by atoms with E-state index >= 15 is 0 Å². The predicted octanol–water partition coefficient (Wildman–Crippen LogP) is 3.00. The van der Waals surface area contributed by atoms with Crippen molar-refractivity contribution < 1.29 is 18.8 Å². The quantitative estimate of drug-likeness (QED) is 0.371. The summed E-state index contributed by atoms with van der Waals surface area (Å²) in [5, 5.41) is 8.04. The highest BCUT2D eigenvalue weighted by molar-refractivity contribution is 6.04. The number of aromatic nitrogens is 1. The fourth-order valence-electron chi connectivity index (χ4n) is 4.12. The number of halogens is 1. The number of nitrogen functional groups attached to an aromatic ring is 1. The van der Waals surface area contributed by atoms with Gasteiger partial charge in [0.05, 0.1) is 29.4 Å². The van der Waals surface area contributed by atoms with E-state index in [2.05, 4.69) is 20.9 Å². The maximum atomic E-state index is 13.7. The third-order valence-corrected chi connectivity index (χ3v) is 5.78. The van der Waals surface area contributed by atoms with Crippen molar-refractivity contribution >= 4 is 34.8 Å². The van der Waals surface area contributed by atoms with Crippen LogP contribution in [0.5, 0.6) is 0 Å². The smallest absolute Gasteiger partial charge is 0.253 e. The van der Waals surface area contributed by atoms with Crippen LogP contribution in [-0.2, 0) is 16.0 Å². The molecule has 1 aliphatic rings. The van der Waals surface area contributed by atoms with E-state index in [1.165, 1.54) is 12.1 Å². The van der Waals surface area contributed by atoms with Gasteiger partial charge >= 0.3 is 0 Å². The van der Waals surface area contributed by atoms with Gasteiger partial charge in [-0.1, -0.05) is 12.1 Å². The molecular formula is C24H24FN5O3. The van der Waals surface area contributed by atoms with Crippen molar-refractivity contribution in [2.24, 2.45) is 0 Å². The minimum absolute atomic E-state index is 0.217. The second-order valence-electron chi connectivity index (χ2n) is 8.02. The van der Waals surface area contributed by atoms with Crippen molar-refractivity contribution in [3.05, 3.63) is 76.4 Å². The molecule has 2 aromatic carbocycles. The third kappa shape index (κ3) is 4.43. The zero-order valence-electron chi connectivity index (χ0n) is 18.2. The minimum Gasteiger partial charge on any atom is -0.397 e. The highest BCUT2D eigenvalue weighted by Gasteiger charge is 2.32. The molecule has 1 aromatic heterocycles. The van der Waals surface area contributed by atoms with Crippen LogP contribution in [0.1, 0.15) is 38.8 Å². The molecule has 3 aromatic rings. The van der Waals surface area contributed by atoms with Crippen LogP contribution in [0.2, 0.25) is 0 Å². The van der Waals surface area contributed by atoms with Crippen molar-refractivity contribution in [1.82, 2.24) is 10.3 Å². The number of aryl methyl sites for hydroxylation is 1. The molecule has 1 atom stereocenters. The molecule has 6 N–H and O–H groups in total. The number of aromatic amines is 1. The second kappa shape index (κ2) is 8.78. The van der Waals surface area contributed by atoms with Gasteiger partial charge in [0.1, 0.15) is 5.82 Å². The minimum atomic E-state index is -0.564. The Labute approximate surface area is 189 Å². The van der Waals surface area contributed by atoms with Gasteiger partial charge in [0.15, 0.2) is 0 Å². The maximum Gasteiger partial charge on any atom is 0.253 e. The first kappa shape index (κ1) is 22.1. The number of carbonyl (C=O) groups is 3. The van der Waals surface area contributed by atoms with Crippen LogP contribution in [0.25, 0.3) is 0 Å². The van der Waals surface area contributed by atoms with Gasteiger partial charge in [-0.05, 0) is 55.3 Å². The molecule has 9 heteroatoms. The number of carbonyl (C=O) groups excluding carboxylic acids is 3. The lowest BCUT2D eigenvalue weighted by molar-refractivity contribution is -0.117. The van der Waals surface area contributed by atoms with Crippen LogP contribution in [0.4, 0.5) is 21.5 Å². The zero-order valence-corrected chi connectivity index (χ0v) is 18.2. The molecule has 1 aliphatic heterocycles. The first-order valence-electron chi connectivity index (χ1n) is 10.5. The summed E-state index contributed by atoms with van der Waals surface area (Å²) in [6.07, 6.45) is 0.288. The Morgan fingerprint density at radius 1 is 1.15 bits per heavy atom. The Balaban J connectivity index is 1.45. The molecule has 1 unspecified atom stereocenters. The number of amides is 3. The van der Waals surface area contributed by atoms with Gasteiger partial charge in [0.25, 0.3) is 5.91 Å². The lowest BCUT2D eigenvalue weighted by atomic mass is 9.94. The van der Waals surface area contributed by atoms with Crippen molar-refractivity contribution in [2.75, 3.05) is 22.9 Å². The predicted molar refractivity (Wildman–Crippen MR) is 124 cm³/mol. The lowest BCUT2D eigenvalue weighted by Gasteiger charge is -2.10. The fraction of sp³-hybridized carbons (Fsp3) is 0.208. The molecule has 0 aliphatic carbocycles. The first-order valence-corrected chi connectivity index (χ1v) is 10.5. The van der Waals surface area contributed by atoms with Gasteiger partial charge in [0, 0.05) is 23.5 Å². The average Bonchev–Trinajstić information content (AvgIpc) is 3.23. The number of hydrogen-bond donors (Lipinski definition) is 5. The van der Waals surface area contributed by atoms with E-state index in [0.29, 0.717) is 45.1 Å². The van der Waals surface area contributed by atoms with E-state index in [-0.39, 0.29) is 18.9 Å². The van der Waals surface area contributed by atoms with Crippen LogP contribution in [0.15, 0.2) is 42.5 Å². The molecule has 4 rings (SSSR count). The van der Waals surface area contributed by atoms with E-state index in [0.717, 1.165) is 0 Å². The second-order valence-corrected chi connectivity index (χ2v) is 8.02. The molecule has 0 saturated carbocycles. The molecule has 3 amide bonds. The van der Waals surface area contributed by atoms with Crippen molar-refractivity contribution in [1.29, 1.82) is 0 Å². The molecule has 0 radical (unpaired) electrons. The number of anilines is 3. The Kier molecular flexibility index (Phi) is 5.87. The van der Waals surface area contributed by atoms with E-state index in [4.69, 9.17) is 5.73 Å². The molecule has 0 saturated heterocycles. The van der Waals surface area contributed by atoms with E-state index in [1.54, 1.807) is 44.2 Å². The van der Waals surface area contributed by atoms with Crippen molar-refractivity contribution in [2.45, 2.75) is 26.2 Å². The van der Waals surface area contributed by atoms with Crippen molar-refractivity contribution in [3.8, 4) is 0 Å². The molecule has 33 heavy (non-hydrogen) atoms. The summed E-state index contributed by atoms with van der Waals surface area (Å²) in [4.78, 5) is 40.7. The third-order valence-electron chi connectivity index (χ3n) is 5.78. The van der Waals surface area contributed by atoms with Gasteiger partial charge in [-0.2, -0.15) is 0 Å². The molecule has 0 spiro atoms. The topological polar surface area (TPSA) is 129 Å². The number of benzene rings is 2. The largest absolute Gasteiger partial charge is 0.397 e. The summed E-state index contributed by atoms with van der Waals surface area (Å²) in [6, 6.07) is 11.0. The Hall–Kier alpha value is -4.14. The molecule has 170 valence electrons. The number of fused-ring (bicyclic) bond motifs is 1. The van der Waals surface area contributed by atoms with E-state index < -0.39 is 23.5 Å². The molecule has 8 nitrogen and oxygen atoms in total. The number of nitrogens with one attached hydrogen (secondary N) is 4. The number of nitrogens with two attached hydrogens (primary N) is 1. The molecule has 0 fully saturated rings. The van der Waals surface area contributed by atoms with Gasteiger partial charge in [-0.3, -0.25) is 14.4 Å². The Morgan fingerprint density at radius 2 is 1.91 bits per heavy atom. The average molecular weight is 449 g/mol. The fourth-order valence-corrected chi connectivity index (χ4v) is 4.12. The summed E-state index contributed by atoms with van der Waals surface area (Å²) in [5.41, 5.74) is 10.3. The Morgan fingerprint density at radius 3 is 2.67 bits per heavy atom. The highest BCUT2D eigenvalue weighted by Crippen LogP contribution is 2.36. The van der Waals surface area contributed by atoms with Crippen LogP contribution < -0.4 is 21.7 Å². The maximum absolute atomic E-state index is 13.7. The summed E-state index contributed by atoms with van der Waals surface area (Å²) in [5.74, 6) is -2.01. The zero-order chi connectivity index (χ0) is 23.7.